The number of nitrogens with zero attached hydrogens (tertiary/aromatic N) is 3. The zero-order chi connectivity index (χ0) is 16.6. The molecule has 0 saturated carbocycles. The molecule has 2 aromatic heterocycles. The van der Waals surface area contributed by atoms with E-state index in [1.54, 1.807) is 0 Å². The standard InChI is InChI=1S/C13H6F4N3O2S/c14-9-6(10(21)8-4-23-5-18-8)2-1-3-7(9)11-19-12(22-20-11)13(15,16)17/h1-5,10H. The number of hydrogen-bond donors (Lipinski definition) is 0. The van der Waals surface area contributed by atoms with Crippen LogP contribution in [0.4, 0.5) is 17.6 Å². The van der Waals surface area contributed by atoms with Crippen molar-refractivity contribution in [1.82, 2.24) is 15.1 Å². The summed E-state index contributed by atoms with van der Waals surface area (Å²) in [4.78, 5) is 6.93. The van der Waals surface area contributed by atoms with Gasteiger partial charge in [-0.2, -0.15) is 18.2 Å². The first kappa shape index (κ1) is 15.6. The molecule has 1 aromatic carbocycles. The van der Waals surface area contributed by atoms with Gasteiger partial charge in [0, 0.05) is 10.9 Å². The van der Waals surface area contributed by atoms with E-state index in [9.17, 15) is 22.7 Å². The lowest BCUT2D eigenvalue weighted by Gasteiger charge is -2.09. The molecule has 0 bridgehead atoms. The minimum Gasteiger partial charge on any atom is -0.329 e. The van der Waals surface area contributed by atoms with Gasteiger partial charge in [0.05, 0.1) is 16.8 Å². The highest BCUT2D eigenvalue weighted by atomic mass is 32.1. The zero-order valence-corrected chi connectivity index (χ0v) is 11.9. The van der Waals surface area contributed by atoms with Gasteiger partial charge in [0.25, 0.3) is 0 Å². The van der Waals surface area contributed by atoms with Crippen molar-refractivity contribution in [3.63, 3.8) is 0 Å². The predicted octanol–water partition coefficient (Wildman–Crippen LogP) is 3.87. The maximum Gasteiger partial charge on any atom is 0.471 e. The van der Waals surface area contributed by atoms with E-state index in [0.29, 0.717) is 0 Å². The molecule has 0 saturated heterocycles. The third-order valence-electron chi connectivity index (χ3n) is 2.94. The van der Waals surface area contributed by atoms with Crippen molar-refractivity contribution < 1.29 is 27.2 Å². The third kappa shape index (κ3) is 2.94. The lowest BCUT2D eigenvalue weighted by atomic mass is 10.0. The minimum atomic E-state index is -4.83. The maximum atomic E-state index is 14.5. The van der Waals surface area contributed by atoms with E-state index >= 15 is 0 Å². The van der Waals surface area contributed by atoms with Crippen LogP contribution in [0.15, 0.2) is 33.6 Å². The molecule has 10 heteroatoms. The van der Waals surface area contributed by atoms with Gasteiger partial charge in [0.15, 0.2) is 6.10 Å². The molecular formula is C13H6F4N3O2S. The van der Waals surface area contributed by atoms with Crippen LogP contribution in [-0.2, 0) is 11.3 Å². The number of rotatable bonds is 3. The van der Waals surface area contributed by atoms with Crippen LogP contribution in [0.5, 0.6) is 0 Å². The summed E-state index contributed by atoms with van der Waals surface area (Å²) in [5, 5.41) is 16.8. The summed E-state index contributed by atoms with van der Waals surface area (Å²) < 4.78 is 55.9. The highest BCUT2D eigenvalue weighted by Crippen LogP contribution is 2.32. The first-order valence-corrected chi connectivity index (χ1v) is 7.06. The van der Waals surface area contributed by atoms with Crippen molar-refractivity contribution >= 4 is 11.3 Å². The molecule has 3 rings (SSSR count). The lowest BCUT2D eigenvalue weighted by molar-refractivity contribution is -0.159. The van der Waals surface area contributed by atoms with Gasteiger partial charge in [0.1, 0.15) is 5.82 Å². The Bertz CT molecular complexity index is 817. The summed E-state index contributed by atoms with van der Waals surface area (Å²) in [5.74, 6) is -3.17. The summed E-state index contributed by atoms with van der Waals surface area (Å²) in [6.07, 6.45) is -6.43. The third-order valence-corrected chi connectivity index (χ3v) is 3.55. The number of benzene rings is 1. The molecule has 3 aromatic rings. The van der Waals surface area contributed by atoms with E-state index in [1.165, 1.54) is 34.4 Å². The Labute approximate surface area is 130 Å². The van der Waals surface area contributed by atoms with Crippen LogP contribution in [-0.4, -0.2) is 15.1 Å². The molecule has 1 unspecified atom stereocenters. The Kier molecular flexibility index (Phi) is 3.86. The molecule has 0 aliphatic heterocycles. The van der Waals surface area contributed by atoms with Crippen molar-refractivity contribution in [3.05, 3.63) is 52.1 Å². The van der Waals surface area contributed by atoms with E-state index in [-0.39, 0.29) is 16.8 Å². The highest BCUT2D eigenvalue weighted by molar-refractivity contribution is 7.07. The largest absolute Gasteiger partial charge is 0.471 e. The van der Waals surface area contributed by atoms with Crippen molar-refractivity contribution in [1.29, 1.82) is 0 Å². The number of halogens is 4. The summed E-state index contributed by atoms with van der Waals surface area (Å²) in [5.41, 5.74) is 0.941. The Morgan fingerprint density at radius 1 is 1.26 bits per heavy atom. The molecule has 0 aliphatic carbocycles. The molecular weight excluding hydrogens is 338 g/mol. The molecule has 119 valence electrons. The van der Waals surface area contributed by atoms with Crippen molar-refractivity contribution in [3.8, 4) is 11.4 Å². The minimum absolute atomic E-state index is 0.121. The van der Waals surface area contributed by atoms with Gasteiger partial charge in [-0.1, -0.05) is 17.3 Å². The predicted molar refractivity (Wildman–Crippen MR) is 69.3 cm³/mol. The van der Waals surface area contributed by atoms with E-state index < -0.39 is 29.8 Å². The average Bonchev–Trinajstić information content (AvgIpc) is 3.18. The lowest BCUT2D eigenvalue weighted by Crippen LogP contribution is -2.05. The molecule has 23 heavy (non-hydrogen) atoms. The van der Waals surface area contributed by atoms with E-state index in [0.717, 1.165) is 6.07 Å². The van der Waals surface area contributed by atoms with Gasteiger partial charge in [-0.05, 0) is 6.07 Å². The van der Waals surface area contributed by atoms with Crippen LogP contribution < -0.4 is 0 Å². The van der Waals surface area contributed by atoms with Crippen molar-refractivity contribution in [2.24, 2.45) is 0 Å². The van der Waals surface area contributed by atoms with Crippen LogP contribution in [0.1, 0.15) is 23.3 Å². The first-order valence-electron chi connectivity index (χ1n) is 6.11. The van der Waals surface area contributed by atoms with Crippen LogP contribution in [0.2, 0.25) is 0 Å². The van der Waals surface area contributed by atoms with Crippen LogP contribution in [0.25, 0.3) is 11.4 Å². The summed E-state index contributed by atoms with van der Waals surface area (Å²) in [6.45, 7) is 0. The number of alkyl halides is 3. The normalized spacial score (nSPS) is 13.3. The molecule has 1 atom stereocenters. The molecule has 0 spiro atoms. The second-order valence-electron chi connectivity index (χ2n) is 4.42. The molecule has 2 heterocycles. The number of thiazole rings is 1. The van der Waals surface area contributed by atoms with Crippen molar-refractivity contribution in [2.45, 2.75) is 12.3 Å². The quantitative estimate of drug-likeness (QED) is 0.676. The topological polar surface area (TPSA) is 71.7 Å². The number of hydrogen-bond acceptors (Lipinski definition) is 5. The summed E-state index contributed by atoms with van der Waals surface area (Å²) in [7, 11) is 0. The van der Waals surface area contributed by atoms with Crippen LogP contribution in [0, 0.1) is 5.82 Å². The van der Waals surface area contributed by atoms with Crippen LogP contribution >= 0.6 is 11.3 Å². The molecule has 0 aliphatic rings. The smallest absolute Gasteiger partial charge is 0.329 e. The van der Waals surface area contributed by atoms with Gasteiger partial charge < -0.3 is 4.52 Å². The molecule has 0 fully saturated rings. The summed E-state index contributed by atoms with van der Waals surface area (Å²) >= 11 is 1.18. The Balaban J connectivity index is 2.02. The van der Waals surface area contributed by atoms with Gasteiger partial charge >= 0.3 is 12.1 Å². The van der Waals surface area contributed by atoms with E-state index in [1.807, 2.05) is 0 Å². The van der Waals surface area contributed by atoms with E-state index in [4.69, 9.17) is 0 Å². The molecule has 1 radical (unpaired) electrons. The molecule has 0 amide bonds. The fourth-order valence-corrected chi connectivity index (χ4v) is 2.45. The van der Waals surface area contributed by atoms with Crippen molar-refractivity contribution in [2.75, 3.05) is 0 Å². The van der Waals surface area contributed by atoms with Crippen LogP contribution in [0.3, 0.4) is 0 Å². The monoisotopic (exact) mass is 344 g/mol. The summed E-state index contributed by atoms with van der Waals surface area (Å²) in [6, 6.07) is 3.73. The molecule has 5 nitrogen and oxygen atoms in total. The number of aromatic nitrogens is 3. The van der Waals surface area contributed by atoms with Gasteiger partial charge in [-0.3, -0.25) is 0 Å². The molecule has 0 N–H and O–H groups in total. The Hall–Kier alpha value is -2.33. The maximum absolute atomic E-state index is 14.5. The van der Waals surface area contributed by atoms with Gasteiger partial charge in [-0.25, -0.2) is 14.5 Å². The average molecular weight is 344 g/mol. The fraction of sp³-hybridized carbons (Fsp3) is 0.154. The fourth-order valence-electron chi connectivity index (χ4n) is 1.88. The second-order valence-corrected chi connectivity index (χ2v) is 5.14. The van der Waals surface area contributed by atoms with E-state index in [2.05, 4.69) is 19.6 Å². The Morgan fingerprint density at radius 3 is 2.65 bits per heavy atom. The zero-order valence-electron chi connectivity index (χ0n) is 11.0. The SMILES string of the molecule is [O]C(c1cscn1)c1cccc(-c2noc(C(F)(F)F)n2)c1F. The second kappa shape index (κ2) is 5.70. The first-order chi connectivity index (χ1) is 10.9. The highest BCUT2D eigenvalue weighted by Gasteiger charge is 2.39. The van der Waals surface area contributed by atoms with Gasteiger partial charge in [0.2, 0.25) is 5.82 Å². The van der Waals surface area contributed by atoms with Gasteiger partial charge in [-0.15, -0.1) is 11.3 Å². The Morgan fingerprint density at radius 2 is 2.04 bits per heavy atom.